The van der Waals surface area contributed by atoms with Gasteiger partial charge in [0.05, 0.1) is 17.4 Å². The van der Waals surface area contributed by atoms with Crippen LogP contribution in [0, 0.1) is 5.92 Å². The van der Waals surface area contributed by atoms with Crippen LogP contribution in [-0.4, -0.2) is 27.8 Å². The molecule has 4 heteroatoms. The van der Waals surface area contributed by atoms with Gasteiger partial charge in [-0.1, -0.05) is 0 Å². The highest BCUT2D eigenvalue weighted by Gasteiger charge is 2.44. The Balaban J connectivity index is 1.73. The van der Waals surface area contributed by atoms with E-state index in [1.807, 2.05) is 13.2 Å². The quantitative estimate of drug-likeness (QED) is 0.735. The van der Waals surface area contributed by atoms with Crippen LogP contribution in [-0.2, 0) is 11.8 Å². The Morgan fingerprint density at radius 3 is 3.00 bits per heavy atom. The third kappa shape index (κ3) is 1.90. The molecule has 1 aromatic heterocycles. The molecule has 0 radical (unpaired) electrons. The number of carbonyl (C=O) groups is 1. The molecule has 92 valence electrons. The number of Topliss-reactive ketones (excluding diaryl/α,β-unsaturated/α-hetero) is 1. The number of hydrogen-bond acceptors (Lipinski definition) is 3. The lowest BCUT2D eigenvalue weighted by Gasteiger charge is -2.46. The molecule has 2 fully saturated rings. The normalized spacial score (nSPS) is 26.8. The smallest absolute Gasteiger partial charge is 0.169 e. The van der Waals surface area contributed by atoms with E-state index in [9.17, 15) is 4.79 Å². The van der Waals surface area contributed by atoms with Crippen LogP contribution < -0.4 is 0 Å². The van der Waals surface area contributed by atoms with Crippen molar-refractivity contribution in [3.63, 3.8) is 0 Å². The topological polar surface area (TPSA) is 44.1 Å². The Morgan fingerprint density at radius 2 is 2.41 bits per heavy atom. The number of aryl methyl sites for hydroxylation is 1. The van der Waals surface area contributed by atoms with Crippen molar-refractivity contribution >= 4 is 5.78 Å². The highest BCUT2D eigenvalue weighted by atomic mass is 16.5. The lowest BCUT2D eigenvalue weighted by molar-refractivity contribution is -0.137. The number of carbonyl (C=O) groups excluding carboxylic acids is 1. The van der Waals surface area contributed by atoms with Gasteiger partial charge < -0.3 is 4.74 Å². The van der Waals surface area contributed by atoms with Crippen molar-refractivity contribution in [2.24, 2.45) is 13.0 Å². The van der Waals surface area contributed by atoms with Gasteiger partial charge in [-0.15, -0.1) is 0 Å². The van der Waals surface area contributed by atoms with Crippen LogP contribution in [0.1, 0.15) is 42.5 Å². The second-order valence-electron chi connectivity index (χ2n) is 5.34. The van der Waals surface area contributed by atoms with Crippen LogP contribution in [0.5, 0.6) is 0 Å². The van der Waals surface area contributed by atoms with Crippen LogP contribution in [0.25, 0.3) is 0 Å². The van der Waals surface area contributed by atoms with Crippen molar-refractivity contribution in [2.45, 2.75) is 37.7 Å². The first-order valence-corrected chi connectivity index (χ1v) is 6.35. The van der Waals surface area contributed by atoms with Crippen molar-refractivity contribution in [3.05, 3.63) is 18.0 Å². The zero-order valence-electron chi connectivity index (χ0n) is 10.2. The Morgan fingerprint density at radius 1 is 1.59 bits per heavy atom. The van der Waals surface area contributed by atoms with E-state index in [4.69, 9.17) is 4.74 Å². The van der Waals surface area contributed by atoms with Gasteiger partial charge in [-0.2, -0.15) is 5.10 Å². The summed E-state index contributed by atoms with van der Waals surface area (Å²) in [6.07, 6.45) is 8.74. The van der Waals surface area contributed by atoms with Crippen LogP contribution in [0.15, 0.2) is 12.4 Å². The standard InChI is InChI=1S/C13H18N2O2/c1-15-9-11(8-14-15)12(16)10-3-6-17-13(7-10)4-2-5-13/h8-10H,2-7H2,1H3. The average Bonchev–Trinajstić information content (AvgIpc) is 2.73. The van der Waals surface area contributed by atoms with Crippen molar-refractivity contribution in [3.8, 4) is 0 Å². The van der Waals surface area contributed by atoms with E-state index in [0.717, 1.165) is 37.9 Å². The minimum Gasteiger partial charge on any atom is -0.375 e. The summed E-state index contributed by atoms with van der Waals surface area (Å²) >= 11 is 0. The molecule has 1 aliphatic heterocycles. The molecule has 0 bridgehead atoms. The van der Waals surface area contributed by atoms with E-state index < -0.39 is 0 Å². The van der Waals surface area contributed by atoms with E-state index in [2.05, 4.69) is 5.10 Å². The van der Waals surface area contributed by atoms with Gasteiger partial charge in [0.25, 0.3) is 0 Å². The molecule has 0 aromatic carbocycles. The maximum atomic E-state index is 12.3. The third-order valence-electron chi connectivity index (χ3n) is 4.12. The SMILES string of the molecule is Cn1cc(C(=O)C2CCOC3(CCC3)C2)cn1. The molecule has 1 aromatic rings. The highest BCUT2D eigenvalue weighted by Crippen LogP contribution is 2.44. The van der Waals surface area contributed by atoms with Crippen molar-refractivity contribution in [1.29, 1.82) is 0 Å². The minimum absolute atomic E-state index is 0.0424. The van der Waals surface area contributed by atoms with Gasteiger partial charge >= 0.3 is 0 Å². The molecular weight excluding hydrogens is 216 g/mol. The van der Waals surface area contributed by atoms with E-state index >= 15 is 0 Å². The molecule has 3 rings (SSSR count). The number of aromatic nitrogens is 2. The number of nitrogens with zero attached hydrogens (tertiary/aromatic N) is 2. The summed E-state index contributed by atoms with van der Waals surface area (Å²) in [6.45, 7) is 0.733. The fourth-order valence-electron chi connectivity index (χ4n) is 2.96. The summed E-state index contributed by atoms with van der Waals surface area (Å²) in [4.78, 5) is 12.3. The van der Waals surface area contributed by atoms with Gasteiger partial charge in [0.15, 0.2) is 5.78 Å². The first kappa shape index (κ1) is 11.0. The fraction of sp³-hybridized carbons (Fsp3) is 0.692. The van der Waals surface area contributed by atoms with Crippen LogP contribution in [0.3, 0.4) is 0 Å². The van der Waals surface area contributed by atoms with Gasteiger partial charge in [0.2, 0.25) is 0 Å². The molecule has 17 heavy (non-hydrogen) atoms. The second-order valence-corrected chi connectivity index (χ2v) is 5.34. The zero-order valence-corrected chi connectivity index (χ0v) is 10.2. The molecule has 0 amide bonds. The van der Waals surface area contributed by atoms with Gasteiger partial charge in [0, 0.05) is 25.8 Å². The van der Waals surface area contributed by atoms with Gasteiger partial charge in [-0.25, -0.2) is 0 Å². The zero-order chi connectivity index (χ0) is 11.9. The fourth-order valence-corrected chi connectivity index (χ4v) is 2.96. The van der Waals surface area contributed by atoms with Crippen LogP contribution >= 0.6 is 0 Å². The molecule has 1 aliphatic carbocycles. The molecule has 1 unspecified atom stereocenters. The largest absolute Gasteiger partial charge is 0.375 e. The summed E-state index contributed by atoms with van der Waals surface area (Å²) in [5, 5.41) is 4.07. The van der Waals surface area contributed by atoms with Crippen LogP contribution in [0.2, 0.25) is 0 Å². The molecule has 1 atom stereocenters. The first-order chi connectivity index (χ1) is 8.19. The summed E-state index contributed by atoms with van der Waals surface area (Å²) in [7, 11) is 1.84. The first-order valence-electron chi connectivity index (χ1n) is 6.35. The van der Waals surface area contributed by atoms with Gasteiger partial charge in [-0.05, 0) is 32.1 Å². The Hall–Kier alpha value is -1.16. The molecule has 4 nitrogen and oxygen atoms in total. The Labute approximate surface area is 101 Å². The predicted octanol–water partition coefficient (Wildman–Crippen LogP) is 1.95. The third-order valence-corrected chi connectivity index (χ3v) is 4.12. The minimum atomic E-state index is 0.0424. The number of hydrogen-bond donors (Lipinski definition) is 0. The van der Waals surface area contributed by atoms with E-state index in [0.29, 0.717) is 0 Å². The Bertz CT molecular complexity index is 434. The molecule has 1 saturated heterocycles. The predicted molar refractivity (Wildman–Crippen MR) is 62.8 cm³/mol. The van der Waals surface area contributed by atoms with Crippen molar-refractivity contribution in [1.82, 2.24) is 9.78 Å². The molecule has 0 N–H and O–H groups in total. The molecule has 2 aliphatic rings. The van der Waals surface area contributed by atoms with E-state index in [-0.39, 0.29) is 17.3 Å². The number of rotatable bonds is 2. The second kappa shape index (κ2) is 3.95. The maximum absolute atomic E-state index is 12.3. The average molecular weight is 234 g/mol. The lowest BCUT2D eigenvalue weighted by atomic mass is 9.71. The maximum Gasteiger partial charge on any atom is 0.169 e. The molecule has 1 saturated carbocycles. The summed E-state index contributed by atoms with van der Waals surface area (Å²) in [6, 6.07) is 0. The highest BCUT2D eigenvalue weighted by molar-refractivity contribution is 5.97. The molecule has 2 heterocycles. The summed E-state index contributed by atoms with van der Waals surface area (Å²) in [5.41, 5.74) is 0.787. The van der Waals surface area contributed by atoms with Crippen LogP contribution in [0.4, 0.5) is 0 Å². The summed E-state index contributed by atoms with van der Waals surface area (Å²) in [5.74, 6) is 0.376. The van der Waals surface area contributed by atoms with Gasteiger partial charge in [0.1, 0.15) is 0 Å². The number of ketones is 1. The van der Waals surface area contributed by atoms with Gasteiger partial charge in [-0.3, -0.25) is 9.48 Å². The lowest BCUT2D eigenvalue weighted by Crippen LogP contribution is -2.47. The van der Waals surface area contributed by atoms with E-state index in [1.165, 1.54) is 6.42 Å². The summed E-state index contributed by atoms with van der Waals surface area (Å²) < 4.78 is 7.54. The van der Waals surface area contributed by atoms with Crippen molar-refractivity contribution in [2.75, 3.05) is 6.61 Å². The van der Waals surface area contributed by atoms with Crippen molar-refractivity contribution < 1.29 is 9.53 Å². The van der Waals surface area contributed by atoms with E-state index in [1.54, 1.807) is 10.9 Å². The number of ether oxygens (including phenoxy) is 1. The Kier molecular flexibility index (Phi) is 2.54. The molecular formula is C13H18N2O2. The monoisotopic (exact) mass is 234 g/mol. The molecule has 1 spiro atoms.